The number of amides is 2. The van der Waals surface area contributed by atoms with Crippen molar-refractivity contribution >= 4 is 98.9 Å². The predicted molar refractivity (Wildman–Crippen MR) is 277 cm³/mol. The Balaban J connectivity index is 0.000000215. The average Bonchev–Trinajstić information content (AvgIpc) is 3.52. The summed E-state index contributed by atoms with van der Waals surface area (Å²) in [6.07, 6.45) is 14.0. The van der Waals surface area contributed by atoms with Crippen molar-refractivity contribution in [2.24, 2.45) is 17.8 Å². The van der Waals surface area contributed by atoms with Crippen LogP contribution in [-0.4, -0.2) is 76.6 Å². The van der Waals surface area contributed by atoms with Crippen LogP contribution in [0, 0.1) is 17.8 Å². The molecule has 0 saturated carbocycles. The molecular formula is C51H61Br4Cl2N5O3. The van der Waals surface area contributed by atoms with Gasteiger partial charge in [-0.2, -0.15) is 0 Å². The van der Waals surface area contributed by atoms with Gasteiger partial charge in [0.05, 0.1) is 11.4 Å². The average molecular weight is 1180 g/mol. The largest absolute Gasteiger partial charge is 0.444 e. The number of fused-ring (bicyclic) bond motifs is 4. The van der Waals surface area contributed by atoms with Crippen LogP contribution in [0.15, 0.2) is 66.7 Å². The quantitative estimate of drug-likeness (QED) is 0.219. The van der Waals surface area contributed by atoms with E-state index in [0.717, 1.165) is 111 Å². The number of carbonyl (C=O) groups is 2. The van der Waals surface area contributed by atoms with Gasteiger partial charge in [-0.25, -0.2) is 4.79 Å². The van der Waals surface area contributed by atoms with Crippen molar-refractivity contribution in [3.8, 4) is 0 Å². The number of rotatable bonds is 4. The molecule has 1 N–H and O–H groups in total. The summed E-state index contributed by atoms with van der Waals surface area (Å²) in [6.45, 7) is 10.7. The minimum atomic E-state index is -0.493. The molecule has 2 amide bonds. The molecule has 2 aliphatic carbocycles. The highest BCUT2D eigenvalue weighted by molar-refractivity contribution is 9.11. The fourth-order valence-corrected chi connectivity index (χ4v) is 13.7. The number of halogens is 6. The van der Waals surface area contributed by atoms with Gasteiger partial charge in [0.25, 0.3) is 0 Å². The zero-order valence-electron chi connectivity index (χ0n) is 36.8. The van der Waals surface area contributed by atoms with Gasteiger partial charge >= 0.3 is 6.09 Å². The van der Waals surface area contributed by atoms with Crippen LogP contribution in [0.25, 0.3) is 0 Å². The molecule has 9 rings (SSSR count). The van der Waals surface area contributed by atoms with Crippen LogP contribution in [0.5, 0.6) is 0 Å². The molecule has 0 radical (unpaired) electrons. The van der Waals surface area contributed by atoms with Gasteiger partial charge in [0, 0.05) is 84.8 Å². The summed E-state index contributed by atoms with van der Waals surface area (Å²) in [4.78, 5) is 39.4. The van der Waals surface area contributed by atoms with Gasteiger partial charge < -0.3 is 19.9 Å². The standard InChI is InChI=1S/C31H38Br2ClN3O3.C19H19Br2ClN2.CH4/c1-31(2,3)40-30(39)37-10-6-19(7-11-37)14-26(38)36-12-8-20(9-13-36)28-27-21(16-24(34)17-25(27)33)4-5-22-15-23(32)18-35-29(22)28;20-14-7-13-2-1-12-8-15(22)9-16(21)17(12)18(19(13)24-10-14)11-3-5-23-6-4-11;/h15-20,28H,4-14H2,1-3H3;7-11,18,23H,1-6H2;1H4. The summed E-state index contributed by atoms with van der Waals surface area (Å²) in [7, 11) is 0. The van der Waals surface area contributed by atoms with Gasteiger partial charge in [-0.3, -0.25) is 14.8 Å². The molecule has 0 bridgehead atoms. The molecule has 5 aliphatic rings. The fraction of sp³-hybridized carbons (Fsp3) is 0.529. The fourth-order valence-electron chi connectivity index (χ4n) is 10.7. The van der Waals surface area contributed by atoms with Gasteiger partial charge in [0.1, 0.15) is 5.60 Å². The van der Waals surface area contributed by atoms with Gasteiger partial charge in [0.15, 0.2) is 0 Å². The Bertz CT molecular complexity index is 2360. The molecule has 3 aliphatic heterocycles. The monoisotopic (exact) mass is 1180 g/mol. The minimum absolute atomic E-state index is 0. The van der Waals surface area contributed by atoms with Crippen molar-refractivity contribution in [1.82, 2.24) is 25.1 Å². The summed E-state index contributed by atoms with van der Waals surface area (Å²) in [5.74, 6) is 2.08. The Morgan fingerprint density at radius 3 is 1.58 bits per heavy atom. The molecule has 2 aromatic heterocycles. The summed E-state index contributed by atoms with van der Waals surface area (Å²) in [5, 5.41) is 5.05. The van der Waals surface area contributed by atoms with Crippen molar-refractivity contribution in [3.05, 3.63) is 121 Å². The van der Waals surface area contributed by atoms with Crippen LogP contribution in [0.2, 0.25) is 10.0 Å². The number of carbonyl (C=O) groups excluding carboxylic acids is 2. The lowest BCUT2D eigenvalue weighted by Crippen LogP contribution is -2.44. The molecule has 65 heavy (non-hydrogen) atoms. The van der Waals surface area contributed by atoms with Crippen LogP contribution in [-0.2, 0) is 35.2 Å². The first-order valence-electron chi connectivity index (χ1n) is 22.8. The van der Waals surface area contributed by atoms with E-state index in [1.165, 1.54) is 51.9 Å². The van der Waals surface area contributed by atoms with E-state index < -0.39 is 5.60 Å². The van der Waals surface area contributed by atoms with Crippen LogP contribution in [0.1, 0.15) is 130 Å². The third kappa shape index (κ3) is 12.2. The molecule has 5 heterocycles. The van der Waals surface area contributed by atoms with E-state index in [9.17, 15) is 9.59 Å². The zero-order valence-corrected chi connectivity index (χ0v) is 44.7. The minimum Gasteiger partial charge on any atom is -0.444 e. The van der Waals surface area contributed by atoms with Crippen LogP contribution in [0.4, 0.5) is 4.79 Å². The number of nitrogens with one attached hydrogen (secondary N) is 1. The maximum absolute atomic E-state index is 13.3. The summed E-state index contributed by atoms with van der Waals surface area (Å²) >= 11 is 27.7. The van der Waals surface area contributed by atoms with E-state index in [1.54, 1.807) is 4.90 Å². The van der Waals surface area contributed by atoms with Crippen LogP contribution >= 0.6 is 86.9 Å². The summed E-state index contributed by atoms with van der Waals surface area (Å²) in [5.41, 5.74) is 9.94. The van der Waals surface area contributed by atoms with Gasteiger partial charge in [-0.15, -0.1) is 0 Å². The van der Waals surface area contributed by atoms with E-state index in [-0.39, 0.29) is 25.3 Å². The Hall–Kier alpha value is -2.06. The van der Waals surface area contributed by atoms with E-state index in [4.69, 9.17) is 37.9 Å². The number of aromatic nitrogens is 2. The second-order valence-corrected chi connectivity index (χ2v) is 23.6. The summed E-state index contributed by atoms with van der Waals surface area (Å²) < 4.78 is 9.76. The number of hydrogen-bond donors (Lipinski definition) is 1. The van der Waals surface area contributed by atoms with Crippen molar-refractivity contribution in [2.45, 2.75) is 116 Å². The first-order valence-corrected chi connectivity index (χ1v) is 26.7. The number of benzene rings is 2. The van der Waals surface area contributed by atoms with E-state index >= 15 is 0 Å². The lowest BCUT2D eigenvalue weighted by molar-refractivity contribution is -0.134. The maximum Gasteiger partial charge on any atom is 0.410 e. The number of ether oxygens (including phenoxy) is 1. The Morgan fingerprint density at radius 1 is 0.662 bits per heavy atom. The number of pyridine rings is 2. The number of nitrogens with zero attached hydrogens (tertiary/aromatic N) is 4. The second-order valence-electron chi connectivity index (χ2n) is 19.2. The number of piperidine rings is 3. The zero-order chi connectivity index (χ0) is 45.3. The molecule has 2 aromatic carbocycles. The van der Waals surface area contributed by atoms with Gasteiger partial charge in [-0.1, -0.05) is 62.5 Å². The maximum atomic E-state index is 13.3. The molecule has 3 saturated heterocycles. The predicted octanol–water partition coefficient (Wildman–Crippen LogP) is 13.9. The topological polar surface area (TPSA) is 87.7 Å². The first-order chi connectivity index (χ1) is 30.6. The molecule has 0 spiro atoms. The Kier molecular flexibility index (Phi) is 17.3. The number of aryl methyl sites for hydroxylation is 4. The Morgan fingerprint density at radius 2 is 1.11 bits per heavy atom. The smallest absolute Gasteiger partial charge is 0.410 e. The lowest BCUT2D eigenvalue weighted by atomic mass is 9.76. The number of likely N-dealkylation sites (tertiary alicyclic amines) is 2. The lowest BCUT2D eigenvalue weighted by Gasteiger charge is -2.38. The van der Waals surface area contributed by atoms with Crippen molar-refractivity contribution in [3.63, 3.8) is 0 Å². The molecule has 2 atom stereocenters. The molecular weight excluding hydrogens is 1120 g/mol. The molecule has 8 nitrogen and oxygen atoms in total. The van der Waals surface area contributed by atoms with Crippen molar-refractivity contribution < 1.29 is 14.3 Å². The third-order valence-corrected chi connectivity index (χ3v) is 16.4. The van der Waals surface area contributed by atoms with Crippen LogP contribution in [0.3, 0.4) is 0 Å². The SMILES string of the molecule is C.CC(C)(C)OC(=O)N1CCC(CC(=O)N2CCC(C3c4ncc(Br)cc4CCc4cc(Cl)cc(Br)c43)CC2)CC1.Clc1cc(Br)c2c(c1)CCc1cc(Br)cnc1C2C1CCNCC1. The molecule has 14 heteroatoms. The van der Waals surface area contributed by atoms with Crippen molar-refractivity contribution in [1.29, 1.82) is 0 Å². The second kappa shape index (κ2) is 22.1. The Labute approximate surface area is 429 Å². The highest BCUT2D eigenvalue weighted by Gasteiger charge is 2.38. The van der Waals surface area contributed by atoms with E-state index in [0.29, 0.717) is 43.2 Å². The van der Waals surface area contributed by atoms with Crippen molar-refractivity contribution in [2.75, 3.05) is 39.3 Å². The number of hydrogen-bond acceptors (Lipinski definition) is 6. The third-order valence-electron chi connectivity index (χ3n) is 13.8. The highest BCUT2D eigenvalue weighted by Crippen LogP contribution is 2.48. The molecule has 2 unspecified atom stereocenters. The van der Waals surface area contributed by atoms with E-state index in [2.05, 4.69) is 98.2 Å². The van der Waals surface area contributed by atoms with Gasteiger partial charge in [-0.05, 0) is 217 Å². The normalized spacial score (nSPS) is 20.4. The molecule has 3 fully saturated rings. The molecule has 350 valence electrons. The first kappa shape index (κ1) is 50.8. The van der Waals surface area contributed by atoms with E-state index in [1.807, 2.05) is 45.3 Å². The van der Waals surface area contributed by atoms with Gasteiger partial charge in [0.2, 0.25) is 5.91 Å². The highest BCUT2D eigenvalue weighted by atomic mass is 79.9. The molecule has 4 aromatic rings. The van der Waals surface area contributed by atoms with Crippen LogP contribution < -0.4 is 5.32 Å². The summed E-state index contributed by atoms with van der Waals surface area (Å²) in [6, 6.07) is 12.8.